The van der Waals surface area contributed by atoms with E-state index in [9.17, 15) is 13.6 Å². The van der Waals surface area contributed by atoms with Crippen molar-refractivity contribution >= 4 is 18.3 Å². The number of benzene rings is 1. The number of hydrogen-bond donors (Lipinski definition) is 2. The summed E-state index contributed by atoms with van der Waals surface area (Å²) in [4.78, 5) is 12.4. The molecule has 1 aromatic heterocycles. The highest BCUT2D eigenvalue weighted by Crippen LogP contribution is 2.28. The van der Waals surface area contributed by atoms with E-state index >= 15 is 0 Å². The number of ether oxygens (including phenoxy) is 1. The van der Waals surface area contributed by atoms with Crippen molar-refractivity contribution in [1.82, 2.24) is 20.4 Å². The Morgan fingerprint density at radius 2 is 1.96 bits per heavy atom. The van der Waals surface area contributed by atoms with Gasteiger partial charge in [-0.25, -0.2) is 13.5 Å². The van der Waals surface area contributed by atoms with Crippen molar-refractivity contribution in [1.29, 1.82) is 0 Å². The fourth-order valence-electron chi connectivity index (χ4n) is 3.27. The zero-order valence-electron chi connectivity index (χ0n) is 15.0. The molecule has 9 heteroatoms. The smallest absolute Gasteiger partial charge is 0.271 e. The van der Waals surface area contributed by atoms with Crippen molar-refractivity contribution in [2.45, 2.75) is 12.8 Å². The average Bonchev–Trinajstić information content (AvgIpc) is 3.10. The number of piperidine rings is 1. The zero-order valence-corrected chi connectivity index (χ0v) is 15.8. The highest BCUT2D eigenvalue weighted by atomic mass is 35.5. The lowest BCUT2D eigenvalue weighted by Gasteiger charge is -2.37. The number of hydrogen-bond acceptors (Lipinski definition) is 4. The molecule has 1 amide bonds. The molecule has 1 aliphatic rings. The molecule has 1 fully saturated rings. The molecule has 2 heterocycles. The van der Waals surface area contributed by atoms with Crippen LogP contribution in [0.2, 0.25) is 0 Å². The molecule has 0 unspecified atom stereocenters. The summed E-state index contributed by atoms with van der Waals surface area (Å²) in [6.45, 7) is 2.77. The maximum Gasteiger partial charge on any atom is 0.271 e. The van der Waals surface area contributed by atoms with Crippen LogP contribution < -0.4 is 10.6 Å². The number of aromatic nitrogens is 2. The van der Waals surface area contributed by atoms with Crippen LogP contribution in [0, 0.1) is 17.0 Å². The van der Waals surface area contributed by atoms with Gasteiger partial charge >= 0.3 is 0 Å². The van der Waals surface area contributed by atoms with Gasteiger partial charge in [-0.3, -0.25) is 4.79 Å². The number of carbonyl (C=O) groups excluding carboxylic acids is 1. The fourth-order valence-corrected chi connectivity index (χ4v) is 3.27. The summed E-state index contributed by atoms with van der Waals surface area (Å²) in [6.07, 6.45) is 3.16. The van der Waals surface area contributed by atoms with Crippen LogP contribution in [0.5, 0.6) is 0 Å². The molecule has 2 aromatic rings. The number of carbonyl (C=O) groups is 1. The number of nitrogens with zero attached hydrogens (tertiary/aromatic N) is 2. The van der Waals surface area contributed by atoms with Crippen LogP contribution in [-0.2, 0) is 4.74 Å². The maximum absolute atomic E-state index is 13.9. The van der Waals surface area contributed by atoms with Crippen LogP contribution in [0.4, 0.5) is 8.78 Å². The van der Waals surface area contributed by atoms with E-state index in [4.69, 9.17) is 4.74 Å². The first-order valence-corrected chi connectivity index (χ1v) is 8.53. The largest absolute Gasteiger partial charge is 0.384 e. The SMILES string of the molecule is COCC1(CNC(=O)c2ccn(-c3c(F)cccc3F)n2)CCNCC1.Cl. The molecule has 6 nitrogen and oxygen atoms in total. The number of amides is 1. The monoisotopic (exact) mass is 400 g/mol. The summed E-state index contributed by atoms with van der Waals surface area (Å²) in [5, 5.41) is 10.2. The third-order valence-corrected chi connectivity index (χ3v) is 4.73. The fraction of sp³-hybridized carbons (Fsp3) is 0.444. The highest BCUT2D eigenvalue weighted by molar-refractivity contribution is 5.92. The molecule has 1 aliphatic heterocycles. The van der Waals surface area contributed by atoms with Crippen molar-refractivity contribution in [3.8, 4) is 5.69 Å². The third-order valence-electron chi connectivity index (χ3n) is 4.73. The number of methoxy groups -OCH3 is 1. The Morgan fingerprint density at radius 3 is 2.59 bits per heavy atom. The van der Waals surface area contributed by atoms with Gasteiger partial charge in [0.15, 0.2) is 17.3 Å². The molecule has 1 aromatic carbocycles. The van der Waals surface area contributed by atoms with E-state index in [1.807, 2.05) is 0 Å². The Balaban J connectivity index is 0.00000261. The van der Waals surface area contributed by atoms with Crippen LogP contribution in [-0.4, -0.2) is 49.0 Å². The van der Waals surface area contributed by atoms with Crippen LogP contribution in [0.3, 0.4) is 0 Å². The first-order chi connectivity index (χ1) is 12.5. The van der Waals surface area contributed by atoms with E-state index in [2.05, 4.69) is 15.7 Å². The standard InChI is InChI=1S/C18H22F2N4O2.ClH/c1-26-12-18(6-8-21-9-7-18)11-22-17(25)15-5-10-24(23-15)16-13(19)3-2-4-14(16)20;/h2-5,10,21H,6-9,11-12H2,1H3,(H,22,25);1H. The summed E-state index contributed by atoms with van der Waals surface area (Å²) < 4.78 is 34.1. The van der Waals surface area contributed by atoms with E-state index in [1.54, 1.807) is 7.11 Å². The molecule has 0 aliphatic carbocycles. The topological polar surface area (TPSA) is 68.2 Å². The molecule has 1 saturated heterocycles. The van der Waals surface area contributed by atoms with Gasteiger partial charge in [0.05, 0.1) is 6.61 Å². The summed E-state index contributed by atoms with van der Waals surface area (Å²) in [5.41, 5.74) is -0.314. The van der Waals surface area contributed by atoms with Gasteiger partial charge in [0, 0.05) is 25.3 Å². The van der Waals surface area contributed by atoms with Gasteiger partial charge in [-0.05, 0) is 44.1 Å². The average molecular weight is 401 g/mol. The molecule has 2 N–H and O–H groups in total. The summed E-state index contributed by atoms with van der Waals surface area (Å²) in [6, 6.07) is 5.00. The van der Waals surface area contributed by atoms with E-state index < -0.39 is 11.6 Å². The van der Waals surface area contributed by atoms with Gasteiger partial charge < -0.3 is 15.4 Å². The second-order valence-corrected chi connectivity index (χ2v) is 6.58. The molecule has 0 saturated carbocycles. The van der Waals surface area contributed by atoms with Crippen LogP contribution >= 0.6 is 12.4 Å². The number of halogens is 3. The van der Waals surface area contributed by atoms with E-state index in [-0.39, 0.29) is 35.1 Å². The maximum atomic E-state index is 13.9. The van der Waals surface area contributed by atoms with Crippen LogP contribution in [0.25, 0.3) is 5.69 Å². The Kier molecular flexibility index (Phi) is 7.29. The van der Waals surface area contributed by atoms with Crippen molar-refractivity contribution in [3.63, 3.8) is 0 Å². The first kappa shape index (κ1) is 21.3. The van der Waals surface area contributed by atoms with Crippen molar-refractivity contribution in [2.24, 2.45) is 5.41 Å². The second-order valence-electron chi connectivity index (χ2n) is 6.58. The minimum Gasteiger partial charge on any atom is -0.384 e. The number of rotatable bonds is 6. The van der Waals surface area contributed by atoms with Gasteiger partial charge in [0.2, 0.25) is 0 Å². The molecular weight excluding hydrogens is 378 g/mol. The van der Waals surface area contributed by atoms with Crippen molar-refractivity contribution in [2.75, 3.05) is 33.4 Å². The minimum absolute atomic E-state index is 0. The lowest BCUT2D eigenvalue weighted by Crippen LogP contribution is -2.47. The lowest BCUT2D eigenvalue weighted by molar-refractivity contribution is 0.0510. The van der Waals surface area contributed by atoms with Crippen molar-refractivity contribution in [3.05, 3.63) is 47.8 Å². The lowest BCUT2D eigenvalue weighted by atomic mass is 9.79. The predicted octanol–water partition coefficient (Wildman–Crippen LogP) is 2.32. The predicted molar refractivity (Wildman–Crippen MR) is 99.5 cm³/mol. The van der Waals surface area contributed by atoms with Crippen molar-refractivity contribution < 1.29 is 18.3 Å². The van der Waals surface area contributed by atoms with E-state index in [0.29, 0.717) is 13.2 Å². The quantitative estimate of drug-likeness (QED) is 0.781. The normalized spacial score (nSPS) is 15.8. The Hall–Kier alpha value is -2.03. The Bertz CT molecular complexity index is 753. The second kappa shape index (κ2) is 9.25. The van der Waals surface area contributed by atoms with Gasteiger partial charge in [-0.2, -0.15) is 5.10 Å². The van der Waals surface area contributed by atoms with Crippen LogP contribution in [0.15, 0.2) is 30.5 Å². The number of para-hydroxylation sites is 1. The highest BCUT2D eigenvalue weighted by Gasteiger charge is 2.32. The van der Waals surface area contributed by atoms with Gasteiger partial charge in [-0.1, -0.05) is 6.07 Å². The summed E-state index contributed by atoms with van der Waals surface area (Å²) >= 11 is 0. The molecule has 0 atom stereocenters. The molecule has 3 rings (SSSR count). The van der Waals surface area contributed by atoms with E-state index in [1.165, 1.54) is 18.3 Å². The Labute approximate surface area is 162 Å². The number of nitrogens with one attached hydrogen (secondary N) is 2. The molecule has 27 heavy (non-hydrogen) atoms. The van der Waals surface area contributed by atoms with E-state index in [0.717, 1.165) is 42.7 Å². The minimum atomic E-state index is -0.742. The zero-order chi connectivity index (χ0) is 18.6. The first-order valence-electron chi connectivity index (χ1n) is 8.53. The third kappa shape index (κ3) is 4.82. The van der Waals surface area contributed by atoms with Crippen LogP contribution in [0.1, 0.15) is 23.3 Å². The molecule has 0 spiro atoms. The Morgan fingerprint density at radius 1 is 1.30 bits per heavy atom. The molecule has 148 valence electrons. The molecule has 0 radical (unpaired) electrons. The summed E-state index contributed by atoms with van der Waals surface area (Å²) in [7, 11) is 1.65. The van der Waals surface area contributed by atoms with Gasteiger partial charge in [0.25, 0.3) is 5.91 Å². The molecular formula is C18H23ClF2N4O2. The molecule has 0 bridgehead atoms. The van der Waals surface area contributed by atoms with Gasteiger partial charge in [0.1, 0.15) is 5.69 Å². The summed E-state index contributed by atoms with van der Waals surface area (Å²) in [5.74, 6) is -1.86. The van der Waals surface area contributed by atoms with Gasteiger partial charge in [-0.15, -0.1) is 12.4 Å².